The predicted octanol–water partition coefficient (Wildman–Crippen LogP) is 5.67. The second-order valence-electron chi connectivity index (χ2n) is 7.60. The highest BCUT2D eigenvalue weighted by atomic mass is 31.0. The molecule has 0 N–H and O–H groups in total. The SMILES string of the molecule is C#CC(C)(C)c1cc(C(C)(C)C)ccc1OC(P)(CC)CC. The number of terminal acetylenes is 1. The second kappa shape index (κ2) is 6.64. The maximum Gasteiger partial charge on any atom is 0.125 e. The molecule has 22 heavy (non-hydrogen) atoms. The van der Waals surface area contributed by atoms with Crippen molar-refractivity contribution in [3.05, 3.63) is 29.3 Å². The van der Waals surface area contributed by atoms with Crippen molar-refractivity contribution >= 4 is 9.24 Å². The summed E-state index contributed by atoms with van der Waals surface area (Å²) in [5, 5.41) is -0.233. The first-order valence-electron chi connectivity index (χ1n) is 8.09. The van der Waals surface area contributed by atoms with Crippen LogP contribution >= 0.6 is 9.24 Å². The largest absolute Gasteiger partial charge is 0.483 e. The summed E-state index contributed by atoms with van der Waals surface area (Å²) in [5.74, 6) is 3.81. The van der Waals surface area contributed by atoms with E-state index < -0.39 is 0 Å². The topological polar surface area (TPSA) is 9.23 Å². The van der Waals surface area contributed by atoms with Crippen molar-refractivity contribution < 1.29 is 4.74 Å². The minimum absolute atomic E-state index is 0.0888. The van der Waals surface area contributed by atoms with Crippen molar-refractivity contribution in [2.45, 2.75) is 77.5 Å². The number of benzene rings is 1. The van der Waals surface area contributed by atoms with Crippen LogP contribution in [0.15, 0.2) is 18.2 Å². The summed E-state index contributed by atoms with van der Waals surface area (Å²) in [7, 11) is 2.86. The quantitative estimate of drug-likeness (QED) is 0.502. The summed E-state index contributed by atoms with van der Waals surface area (Å²) in [4.78, 5) is 0. The fraction of sp³-hybridized carbons (Fsp3) is 0.600. The molecule has 122 valence electrons. The molecular formula is C20H31OP. The van der Waals surface area contributed by atoms with Crippen LogP contribution in [0, 0.1) is 12.3 Å². The molecule has 1 unspecified atom stereocenters. The molecule has 0 amide bonds. The van der Waals surface area contributed by atoms with Gasteiger partial charge in [-0.05, 0) is 43.7 Å². The van der Waals surface area contributed by atoms with E-state index in [1.54, 1.807) is 0 Å². The van der Waals surface area contributed by atoms with Crippen LogP contribution in [0.5, 0.6) is 5.75 Å². The maximum atomic E-state index is 6.35. The lowest BCUT2D eigenvalue weighted by molar-refractivity contribution is 0.152. The minimum Gasteiger partial charge on any atom is -0.483 e. The molecule has 0 aliphatic carbocycles. The van der Waals surface area contributed by atoms with E-state index in [-0.39, 0.29) is 16.2 Å². The van der Waals surface area contributed by atoms with Gasteiger partial charge in [0.15, 0.2) is 0 Å². The lowest BCUT2D eigenvalue weighted by Crippen LogP contribution is -2.29. The van der Waals surface area contributed by atoms with Crippen LogP contribution in [0.1, 0.15) is 72.4 Å². The van der Waals surface area contributed by atoms with Gasteiger partial charge in [-0.25, -0.2) is 0 Å². The van der Waals surface area contributed by atoms with Crippen molar-refractivity contribution in [1.82, 2.24) is 0 Å². The Morgan fingerprint density at radius 1 is 1.09 bits per heavy atom. The van der Waals surface area contributed by atoms with Crippen LogP contribution in [0.3, 0.4) is 0 Å². The van der Waals surface area contributed by atoms with Crippen molar-refractivity contribution in [3.63, 3.8) is 0 Å². The molecule has 0 aliphatic rings. The van der Waals surface area contributed by atoms with Crippen LogP contribution in [0.25, 0.3) is 0 Å². The average Bonchev–Trinajstić information content (AvgIpc) is 2.46. The summed E-state index contributed by atoms with van der Waals surface area (Å²) in [5.41, 5.74) is 2.10. The molecule has 1 aromatic carbocycles. The third-order valence-electron chi connectivity index (χ3n) is 4.39. The highest BCUT2D eigenvalue weighted by Gasteiger charge is 2.29. The van der Waals surface area contributed by atoms with Gasteiger partial charge in [0.25, 0.3) is 0 Å². The first-order chi connectivity index (χ1) is 9.99. The fourth-order valence-electron chi connectivity index (χ4n) is 2.26. The van der Waals surface area contributed by atoms with Crippen LogP contribution in [0.2, 0.25) is 0 Å². The van der Waals surface area contributed by atoms with Gasteiger partial charge in [0.2, 0.25) is 0 Å². The average molecular weight is 318 g/mol. The van der Waals surface area contributed by atoms with Crippen LogP contribution < -0.4 is 4.74 Å². The lowest BCUT2D eigenvalue weighted by atomic mass is 9.79. The number of hydrogen-bond donors (Lipinski definition) is 0. The van der Waals surface area contributed by atoms with Gasteiger partial charge >= 0.3 is 0 Å². The Morgan fingerprint density at radius 2 is 1.64 bits per heavy atom. The molecule has 0 bridgehead atoms. The molecule has 0 aromatic heterocycles. The third kappa shape index (κ3) is 4.27. The second-order valence-corrected chi connectivity index (χ2v) is 8.66. The van der Waals surface area contributed by atoms with E-state index in [1.807, 2.05) is 0 Å². The van der Waals surface area contributed by atoms with E-state index >= 15 is 0 Å². The van der Waals surface area contributed by atoms with Gasteiger partial charge in [0, 0.05) is 5.56 Å². The van der Waals surface area contributed by atoms with E-state index in [2.05, 4.69) is 81.8 Å². The standard InChI is InChI=1S/C20H31OP/c1-9-19(7,8)16-14-15(18(4,5)6)12-13-17(16)21-20(22,10-2)11-3/h1,12-14H,10-11,22H2,2-8H3. The molecule has 1 aromatic rings. The minimum atomic E-state index is -0.357. The summed E-state index contributed by atoms with van der Waals surface area (Å²) in [6.45, 7) is 15.1. The maximum absolute atomic E-state index is 6.35. The zero-order valence-corrected chi connectivity index (χ0v) is 16.4. The highest BCUT2D eigenvalue weighted by molar-refractivity contribution is 7.18. The van der Waals surface area contributed by atoms with Gasteiger partial charge < -0.3 is 4.74 Å². The molecule has 2 heteroatoms. The highest BCUT2D eigenvalue weighted by Crippen LogP contribution is 2.39. The summed E-state index contributed by atoms with van der Waals surface area (Å²) in [6.07, 6.45) is 7.66. The number of ether oxygens (including phenoxy) is 1. The lowest BCUT2D eigenvalue weighted by Gasteiger charge is -2.33. The van der Waals surface area contributed by atoms with Crippen molar-refractivity contribution in [1.29, 1.82) is 0 Å². The first-order valence-corrected chi connectivity index (χ1v) is 8.67. The Kier molecular flexibility index (Phi) is 5.75. The summed E-state index contributed by atoms with van der Waals surface area (Å²) >= 11 is 0. The van der Waals surface area contributed by atoms with Crippen molar-refractivity contribution in [3.8, 4) is 18.1 Å². The monoisotopic (exact) mass is 318 g/mol. The van der Waals surface area contributed by atoms with Crippen molar-refractivity contribution in [2.24, 2.45) is 0 Å². The molecule has 0 fully saturated rings. The van der Waals surface area contributed by atoms with Gasteiger partial charge in [-0.15, -0.1) is 6.42 Å². The van der Waals surface area contributed by atoms with Gasteiger partial charge in [0.1, 0.15) is 11.1 Å². The molecule has 0 saturated carbocycles. The zero-order chi connectivity index (χ0) is 17.2. The van der Waals surface area contributed by atoms with E-state index in [9.17, 15) is 0 Å². The molecular weight excluding hydrogens is 287 g/mol. The number of hydrogen-bond acceptors (Lipinski definition) is 1. The number of rotatable bonds is 5. The Labute approximate surface area is 139 Å². The molecule has 0 spiro atoms. The van der Waals surface area contributed by atoms with E-state index in [0.29, 0.717) is 0 Å². The fourth-order valence-corrected chi connectivity index (χ4v) is 2.39. The Morgan fingerprint density at radius 3 is 2.05 bits per heavy atom. The summed E-state index contributed by atoms with van der Waals surface area (Å²) < 4.78 is 6.35. The van der Waals surface area contributed by atoms with Crippen molar-refractivity contribution in [2.75, 3.05) is 0 Å². The molecule has 1 atom stereocenters. The van der Waals surface area contributed by atoms with E-state index in [4.69, 9.17) is 11.2 Å². The predicted molar refractivity (Wildman–Crippen MR) is 101 cm³/mol. The molecule has 0 aliphatic heterocycles. The third-order valence-corrected chi connectivity index (χ3v) is 5.32. The molecule has 1 nitrogen and oxygen atoms in total. The molecule has 0 saturated heterocycles. The zero-order valence-electron chi connectivity index (χ0n) is 15.2. The molecule has 0 radical (unpaired) electrons. The van der Waals surface area contributed by atoms with Gasteiger partial charge in [-0.1, -0.05) is 61.9 Å². The van der Waals surface area contributed by atoms with Gasteiger partial charge in [0.05, 0.1) is 5.41 Å². The first kappa shape index (κ1) is 19.1. The van der Waals surface area contributed by atoms with Gasteiger partial charge in [-0.2, -0.15) is 0 Å². The van der Waals surface area contributed by atoms with E-state index in [1.165, 1.54) is 5.56 Å². The summed E-state index contributed by atoms with van der Waals surface area (Å²) in [6, 6.07) is 6.45. The van der Waals surface area contributed by atoms with Gasteiger partial charge in [-0.3, -0.25) is 0 Å². The molecule has 1 rings (SSSR count). The van der Waals surface area contributed by atoms with Crippen LogP contribution in [-0.2, 0) is 10.8 Å². The smallest absolute Gasteiger partial charge is 0.125 e. The van der Waals surface area contributed by atoms with Crippen LogP contribution in [0.4, 0.5) is 0 Å². The Hall–Kier alpha value is -0.990. The van der Waals surface area contributed by atoms with E-state index in [0.717, 1.165) is 24.2 Å². The Bertz CT molecular complexity index is 554. The normalized spacial score (nSPS) is 12.9. The van der Waals surface area contributed by atoms with Crippen LogP contribution in [-0.4, -0.2) is 5.34 Å². The molecule has 0 heterocycles. The Balaban J connectivity index is 3.43.